The molecule has 0 aliphatic carbocycles. The highest BCUT2D eigenvalue weighted by Crippen LogP contribution is 2.26. The summed E-state index contributed by atoms with van der Waals surface area (Å²) in [6.07, 6.45) is 4.61. The molecular weight excluding hydrogens is 264 g/mol. The van der Waals surface area contributed by atoms with Crippen LogP contribution in [0, 0.1) is 0 Å². The molecule has 0 fully saturated rings. The fourth-order valence-electron chi connectivity index (χ4n) is 2.13. The van der Waals surface area contributed by atoms with Gasteiger partial charge in [0.15, 0.2) is 0 Å². The Kier molecular flexibility index (Phi) is 5.55. The van der Waals surface area contributed by atoms with E-state index in [0.717, 1.165) is 36.5 Å². The average Bonchev–Trinajstić information content (AvgIpc) is 2.99. The fraction of sp³-hybridized carbons (Fsp3) is 0.412. The van der Waals surface area contributed by atoms with Crippen LogP contribution in [0.3, 0.4) is 0 Å². The van der Waals surface area contributed by atoms with E-state index in [0.29, 0.717) is 18.3 Å². The zero-order valence-corrected chi connectivity index (χ0v) is 12.8. The molecule has 2 aromatic rings. The van der Waals surface area contributed by atoms with Crippen molar-refractivity contribution < 1.29 is 9.15 Å². The number of nitrogens with two attached hydrogens (primary N) is 1. The minimum atomic E-state index is 0.345. The molecule has 0 saturated heterocycles. The lowest BCUT2D eigenvalue weighted by molar-refractivity contribution is 0.319. The van der Waals surface area contributed by atoms with Gasteiger partial charge in [-0.05, 0) is 44.0 Å². The predicted molar refractivity (Wildman–Crippen MR) is 86.8 cm³/mol. The maximum atomic E-state index is 5.92. The normalized spacial score (nSPS) is 12.1. The standard InChI is InChI=1S/C17H24N2O2/c1-3-10-21-17-12-14(7-9-16(17)18)19-13(2)6-8-15-5-4-11-20-15/h4-5,7,9,11-13,19H,3,6,8,10,18H2,1-2H3. The van der Waals surface area contributed by atoms with Crippen molar-refractivity contribution in [1.29, 1.82) is 0 Å². The lowest BCUT2D eigenvalue weighted by Crippen LogP contribution is -2.16. The van der Waals surface area contributed by atoms with Crippen molar-refractivity contribution in [2.24, 2.45) is 0 Å². The fourth-order valence-corrected chi connectivity index (χ4v) is 2.13. The van der Waals surface area contributed by atoms with Gasteiger partial charge in [0.25, 0.3) is 0 Å². The number of aryl methyl sites for hydroxylation is 1. The molecule has 1 aromatic carbocycles. The third-order valence-electron chi connectivity index (χ3n) is 3.29. The van der Waals surface area contributed by atoms with Crippen LogP contribution in [0.2, 0.25) is 0 Å². The van der Waals surface area contributed by atoms with Crippen LogP contribution in [0.4, 0.5) is 11.4 Å². The largest absolute Gasteiger partial charge is 0.491 e. The van der Waals surface area contributed by atoms with Gasteiger partial charge in [-0.25, -0.2) is 0 Å². The second-order valence-electron chi connectivity index (χ2n) is 5.26. The van der Waals surface area contributed by atoms with E-state index in [1.165, 1.54) is 0 Å². The summed E-state index contributed by atoms with van der Waals surface area (Å²) < 4.78 is 11.0. The topological polar surface area (TPSA) is 60.4 Å². The van der Waals surface area contributed by atoms with Gasteiger partial charge in [-0.2, -0.15) is 0 Å². The van der Waals surface area contributed by atoms with E-state index >= 15 is 0 Å². The number of anilines is 2. The van der Waals surface area contributed by atoms with Crippen molar-refractivity contribution >= 4 is 11.4 Å². The maximum absolute atomic E-state index is 5.92. The third kappa shape index (κ3) is 4.74. The zero-order valence-electron chi connectivity index (χ0n) is 12.8. The van der Waals surface area contributed by atoms with Crippen molar-refractivity contribution in [3.63, 3.8) is 0 Å². The van der Waals surface area contributed by atoms with Gasteiger partial charge < -0.3 is 20.2 Å². The molecule has 4 nitrogen and oxygen atoms in total. The zero-order chi connectivity index (χ0) is 15.1. The first kappa shape index (κ1) is 15.3. The van der Waals surface area contributed by atoms with Crippen LogP contribution in [-0.2, 0) is 6.42 Å². The van der Waals surface area contributed by atoms with E-state index in [1.54, 1.807) is 6.26 Å². The first-order valence-corrected chi connectivity index (χ1v) is 7.50. The first-order chi connectivity index (χ1) is 10.2. The van der Waals surface area contributed by atoms with Crippen LogP contribution in [0.25, 0.3) is 0 Å². The van der Waals surface area contributed by atoms with Gasteiger partial charge in [0.2, 0.25) is 0 Å². The Labute approximate surface area is 126 Å². The Morgan fingerprint density at radius 1 is 1.33 bits per heavy atom. The molecule has 4 heteroatoms. The van der Waals surface area contributed by atoms with E-state index in [2.05, 4.69) is 19.2 Å². The molecule has 3 N–H and O–H groups in total. The Balaban J connectivity index is 1.89. The monoisotopic (exact) mass is 288 g/mol. The van der Waals surface area contributed by atoms with Gasteiger partial charge >= 0.3 is 0 Å². The summed E-state index contributed by atoms with van der Waals surface area (Å²) in [6.45, 7) is 4.92. The smallest absolute Gasteiger partial charge is 0.144 e. The number of rotatable bonds is 8. The number of nitrogens with one attached hydrogen (secondary N) is 1. The van der Waals surface area contributed by atoms with Gasteiger partial charge in [0.05, 0.1) is 18.6 Å². The van der Waals surface area contributed by atoms with Crippen molar-refractivity contribution in [2.75, 3.05) is 17.7 Å². The van der Waals surface area contributed by atoms with Crippen molar-refractivity contribution in [3.8, 4) is 5.75 Å². The number of hydrogen-bond acceptors (Lipinski definition) is 4. The molecule has 0 amide bonds. The average molecular weight is 288 g/mol. The van der Waals surface area contributed by atoms with Crippen LogP contribution in [-0.4, -0.2) is 12.6 Å². The molecule has 1 heterocycles. The second-order valence-corrected chi connectivity index (χ2v) is 5.26. The Morgan fingerprint density at radius 2 is 2.19 bits per heavy atom. The summed E-state index contributed by atoms with van der Waals surface area (Å²) in [5.74, 6) is 1.77. The molecule has 21 heavy (non-hydrogen) atoms. The number of ether oxygens (including phenoxy) is 1. The second kappa shape index (κ2) is 7.62. The summed E-state index contributed by atoms with van der Waals surface area (Å²) >= 11 is 0. The van der Waals surface area contributed by atoms with E-state index in [4.69, 9.17) is 14.9 Å². The molecule has 1 unspecified atom stereocenters. The maximum Gasteiger partial charge on any atom is 0.144 e. The summed E-state index contributed by atoms with van der Waals surface area (Å²) in [6, 6.07) is 10.1. The molecule has 2 rings (SSSR count). The molecular formula is C17H24N2O2. The van der Waals surface area contributed by atoms with Crippen LogP contribution < -0.4 is 15.8 Å². The highest BCUT2D eigenvalue weighted by molar-refractivity contribution is 5.61. The minimum absolute atomic E-state index is 0.345. The summed E-state index contributed by atoms with van der Waals surface area (Å²) in [4.78, 5) is 0. The highest BCUT2D eigenvalue weighted by Gasteiger charge is 2.07. The SMILES string of the molecule is CCCOc1cc(NC(C)CCc2ccco2)ccc1N. The van der Waals surface area contributed by atoms with E-state index < -0.39 is 0 Å². The minimum Gasteiger partial charge on any atom is -0.491 e. The lowest BCUT2D eigenvalue weighted by Gasteiger charge is -2.16. The van der Waals surface area contributed by atoms with Gasteiger partial charge in [0, 0.05) is 24.2 Å². The highest BCUT2D eigenvalue weighted by atomic mass is 16.5. The number of benzene rings is 1. The van der Waals surface area contributed by atoms with Gasteiger partial charge in [0.1, 0.15) is 11.5 Å². The summed E-state index contributed by atoms with van der Waals surface area (Å²) in [5.41, 5.74) is 7.63. The van der Waals surface area contributed by atoms with Crippen LogP contribution >= 0.6 is 0 Å². The summed E-state index contributed by atoms with van der Waals surface area (Å²) in [7, 11) is 0. The number of nitrogen functional groups attached to an aromatic ring is 1. The molecule has 0 radical (unpaired) electrons. The molecule has 0 aliphatic rings. The molecule has 0 saturated carbocycles. The number of hydrogen-bond donors (Lipinski definition) is 2. The van der Waals surface area contributed by atoms with Crippen LogP contribution in [0.15, 0.2) is 41.0 Å². The first-order valence-electron chi connectivity index (χ1n) is 7.50. The van der Waals surface area contributed by atoms with Gasteiger partial charge in [-0.15, -0.1) is 0 Å². The molecule has 1 atom stereocenters. The molecule has 0 aliphatic heterocycles. The summed E-state index contributed by atoms with van der Waals surface area (Å²) in [5, 5.41) is 3.47. The molecule has 0 spiro atoms. The van der Waals surface area contributed by atoms with Crippen molar-refractivity contribution in [1.82, 2.24) is 0 Å². The third-order valence-corrected chi connectivity index (χ3v) is 3.29. The number of furan rings is 1. The Bertz CT molecular complexity index is 538. The molecule has 114 valence electrons. The Morgan fingerprint density at radius 3 is 2.90 bits per heavy atom. The van der Waals surface area contributed by atoms with E-state index in [1.807, 2.05) is 30.3 Å². The predicted octanol–water partition coefficient (Wildman–Crippen LogP) is 4.08. The van der Waals surface area contributed by atoms with E-state index in [-0.39, 0.29) is 0 Å². The lowest BCUT2D eigenvalue weighted by atomic mass is 10.1. The van der Waals surface area contributed by atoms with E-state index in [9.17, 15) is 0 Å². The van der Waals surface area contributed by atoms with Crippen molar-refractivity contribution in [3.05, 3.63) is 42.4 Å². The quantitative estimate of drug-likeness (QED) is 0.718. The van der Waals surface area contributed by atoms with Gasteiger partial charge in [-0.1, -0.05) is 6.92 Å². The van der Waals surface area contributed by atoms with Crippen LogP contribution in [0.1, 0.15) is 32.4 Å². The van der Waals surface area contributed by atoms with Crippen molar-refractivity contribution in [2.45, 2.75) is 39.2 Å². The Hall–Kier alpha value is -2.10. The van der Waals surface area contributed by atoms with Crippen LogP contribution in [0.5, 0.6) is 5.75 Å². The molecule has 1 aromatic heterocycles. The molecule has 0 bridgehead atoms. The van der Waals surface area contributed by atoms with Gasteiger partial charge in [-0.3, -0.25) is 0 Å².